The minimum atomic E-state index is -3.19. The number of aromatic nitrogens is 2. The Bertz CT molecular complexity index is 2570. The highest BCUT2D eigenvalue weighted by molar-refractivity contribution is 7.85. The van der Waals surface area contributed by atoms with Crippen molar-refractivity contribution in [3.05, 3.63) is 164 Å². The molecule has 7 aromatic carbocycles. The van der Waals surface area contributed by atoms with Gasteiger partial charge in [0.1, 0.15) is 5.65 Å². The van der Waals surface area contributed by atoms with Gasteiger partial charge in [0.25, 0.3) is 0 Å². The van der Waals surface area contributed by atoms with Gasteiger partial charge in [0.2, 0.25) is 0 Å². The van der Waals surface area contributed by atoms with E-state index in [1.807, 2.05) is 66.7 Å². The third-order valence-electron chi connectivity index (χ3n) is 9.00. The van der Waals surface area contributed by atoms with Crippen molar-refractivity contribution >= 4 is 72.2 Å². The third-order valence-corrected chi connectivity index (χ3v) is 12.1. The molecule has 2 aromatic heterocycles. The van der Waals surface area contributed by atoms with Crippen molar-refractivity contribution in [3.8, 4) is 11.1 Å². The largest absolute Gasteiger partial charge is 0.309 e. The van der Waals surface area contributed by atoms with E-state index < -0.39 is 7.14 Å². The van der Waals surface area contributed by atoms with Gasteiger partial charge in [0.15, 0.2) is 7.14 Å². The van der Waals surface area contributed by atoms with E-state index in [1.54, 1.807) is 0 Å². The Balaban J connectivity index is 1.44. The van der Waals surface area contributed by atoms with Crippen molar-refractivity contribution in [3.63, 3.8) is 0 Å². The lowest BCUT2D eigenvalue weighted by atomic mass is 10.0. The molecule has 0 N–H and O–H groups in total. The van der Waals surface area contributed by atoms with Crippen molar-refractivity contribution in [1.82, 2.24) is 9.38 Å². The van der Waals surface area contributed by atoms with Crippen LogP contribution < -0.4 is 15.9 Å². The Morgan fingerprint density at radius 2 is 1.04 bits per heavy atom. The van der Waals surface area contributed by atoms with Crippen LogP contribution in [0.4, 0.5) is 0 Å². The number of pyridine rings is 1. The second-order valence-electron chi connectivity index (χ2n) is 11.6. The summed E-state index contributed by atoms with van der Waals surface area (Å²) in [5.74, 6) is 0. The SMILES string of the molecule is O=P(c1ccccc1)(c1ccccc1)c1ccc2c3cc4ccccc4cc3c3nc4ccc(-c5ccccc5)cc4n3c2c1. The molecule has 0 bridgehead atoms. The normalized spacial score (nSPS) is 12.1. The third kappa shape index (κ3) is 3.98. The summed E-state index contributed by atoms with van der Waals surface area (Å²) < 4.78 is 17.7. The molecule has 0 aliphatic heterocycles. The first-order chi connectivity index (χ1) is 22.2. The monoisotopic (exact) mass is 594 g/mol. The molecule has 0 saturated carbocycles. The highest BCUT2D eigenvalue weighted by atomic mass is 31.2. The summed E-state index contributed by atoms with van der Waals surface area (Å²) in [6.45, 7) is 0. The van der Waals surface area contributed by atoms with E-state index in [-0.39, 0.29) is 0 Å². The van der Waals surface area contributed by atoms with Crippen LogP contribution in [-0.4, -0.2) is 9.38 Å². The van der Waals surface area contributed by atoms with Gasteiger partial charge in [0, 0.05) is 26.7 Å². The standard InChI is InChI=1S/C41H27N2OP/c44-45(32-16-6-2-7-17-32,33-18-8-3-9-19-33)34-21-22-35-36-24-29-14-10-11-15-30(29)25-37(36)41-42-38-23-20-31(28-12-4-1-5-13-28)26-40(38)43(41)39(35)27-34/h1-27H. The number of fused-ring (bicyclic) bond motifs is 9. The maximum atomic E-state index is 15.5. The fourth-order valence-electron chi connectivity index (χ4n) is 6.81. The predicted octanol–water partition coefficient (Wildman–Crippen LogP) is 9.25. The second-order valence-corrected chi connectivity index (χ2v) is 14.3. The van der Waals surface area contributed by atoms with Gasteiger partial charge in [0.05, 0.1) is 16.6 Å². The van der Waals surface area contributed by atoms with Crippen LogP contribution >= 0.6 is 7.14 Å². The van der Waals surface area contributed by atoms with Gasteiger partial charge in [-0.05, 0) is 57.6 Å². The predicted molar refractivity (Wildman–Crippen MR) is 190 cm³/mol. The molecular weight excluding hydrogens is 567 g/mol. The first-order valence-electron chi connectivity index (χ1n) is 15.2. The maximum Gasteiger partial charge on any atom is 0.171 e. The van der Waals surface area contributed by atoms with E-state index in [9.17, 15) is 0 Å². The molecule has 45 heavy (non-hydrogen) atoms. The molecule has 9 aromatic rings. The van der Waals surface area contributed by atoms with Gasteiger partial charge in [-0.1, -0.05) is 133 Å². The molecule has 0 spiro atoms. The van der Waals surface area contributed by atoms with Crippen LogP contribution in [0, 0.1) is 0 Å². The first kappa shape index (κ1) is 25.9. The Morgan fingerprint density at radius 1 is 0.444 bits per heavy atom. The fraction of sp³-hybridized carbons (Fsp3) is 0. The van der Waals surface area contributed by atoms with Gasteiger partial charge in [-0.2, -0.15) is 0 Å². The van der Waals surface area contributed by atoms with E-state index in [1.165, 1.54) is 10.8 Å². The summed E-state index contributed by atoms with van der Waals surface area (Å²) in [5.41, 5.74) is 6.13. The topological polar surface area (TPSA) is 34.4 Å². The molecule has 3 nitrogen and oxygen atoms in total. The van der Waals surface area contributed by atoms with E-state index >= 15 is 4.57 Å². The molecule has 4 heteroatoms. The lowest BCUT2D eigenvalue weighted by molar-refractivity contribution is 0.592. The molecule has 0 aliphatic carbocycles. The van der Waals surface area contributed by atoms with E-state index in [4.69, 9.17) is 4.98 Å². The molecule has 0 radical (unpaired) electrons. The zero-order chi connectivity index (χ0) is 30.0. The zero-order valence-electron chi connectivity index (χ0n) is 24.3. The summed E-state index contributed by atoms with van der Waals surface area (Å²) in [7, 11) is -3.19. The quantitative estimate of drug-likeness (QED) is 0.116. The highest BCUT2D eigenvalue weighted by Gasteiger charge is 2.30. The van der Waals surface area contributed by atoms with Crippen LogP contribution in [0.2, 0.25) is 0 Å². The lowest BCUT2D eigenvalue weighted by Gasteiger charge is -2.21. The first-order valence-corrected chi connectivity index (χ1v) is 16.9. The van der Waals surface area contributed by atoms with Crippen LogP contribution in [-0.2, 0) is 4.57 Å². The minimum absolute atomic E-state index is 0.801. The average molecular weight is 595 g/mol. The van der Waals surface area contributed by atoms with Crippen molar-refractivity contribution in [1.29, 1.82) is 0 Å². The number of hydrogen-bond donors (Lipinski definition) is 0. The molecule has 2 heterocycles. The van der Waals surface area contributed by atoms with E-state index in [2.05, 4.69) is 101 Å². The summed E-state index contributed by atoms with van der Waals surface area (Å²) in [6.07, 6.45) is 0. The lowest BCUT2D eigenvalue weighted by Crippen LogP contribution is -2.25. The van der Waals surface area contributed by atoms with Gasteiger partial charge in [-0.3, -0.25) is 4.40 Å². The molecule has 0 amide bonds. The van der Waals surface area contributed by atoms with Crippen molar-refractivity contribution in [2.24, 2.45) is 0 Å². The number of hydrogen-bond acceptors (Lipinski definition) is 2. The fourth-order valence-corrected chi connectivity index (χ4v) is 9.48. The molecule has 0 aliphatic rings. The summed E-state index contributed by atoms with van der Waals surface area (Å²) >= 11 is 0. The Morgan fingerprint density at radius 3 is 1.71 bits per heavy atom. The molecule has 9 rings (SSSR count). The summed E-state index contributed by atoms with van der Waals surface area (Å²) in [6, 6.07) is 56.1. The van der Waals surface area contributed by atoms with Crippen LogP contribution in [0.1, 0.15) is 0 Å². The number of rotatable bonds is 4. The van der Waals surface area contributed by atoms with Crippen molar-refractivity contribution in [2.75, 3.05) is 0 Å². The molecule has 0 unspecified atom stereocenters. The van der Waals surface area contributed by atoms with E-state index in [0.29, 0.717) is 0 Å². The maximum absolute atomic E-state index is 15.5. The summed E-state index contributed by atoms with van der Waals surface area (Å²) in [5, 5.41) is 8.13. The Labute approximate surface area is 260 Å². The van der Waals surface area contributed by atoms with Crippen LogP contribution in [0.25, 0.3) is 60.3 Å². The zero-order valence-corrected chi connectivity index (χ0v) is 25.2. The molecule has 0 fully saturated rings. The minimum Gasteiger partial charge on any atom is -0.309 e. The van der Waals surface area contributed by atoms with Gasteiger partial charge >= 0.3 is 0 Å². The molecule has 212 valence electrons. The van der Waals surface area contributed by atoms with Gasteiger partial charge in [-0.15, -0.1) is 0 Å². The average Bonchev–Trinajstić information content (AvgIpc) is 3.51. The Kier molecular flexibility index (Phi) is 5.78. The van der Waals surface area contributed by atoms with Crippen LogP contribution in [0.15, 0.2) is 164 Å². The van der Waals surface area contributed by atoms with E-state index in [0.717, 1.165) is 65.4 Å². The highest BCUT2D eigenvalue weighted by Crippen LogP contribution is 2.44. The molecule has 0 atom stereocenters. The number of nitrogens with zero attached hydrogens (tertiary/aromatic N) is 2. The molecule has 0 saturated heterocycles. The van der Waals surface area contributed by atoms with Gasteiger partial charge in [-0.25, -0.2) is 4.98 Å². The molecular formula is C41H27N2OP. The second kappa shape index (κ2) is 10.0. The number of benzene rings is 7. The van der Waals surface area contributed by atoms with Crippen LogP contribution in [0.3, 0.4) is 0 Å². The summed E-state index contributed by atoms with van der Waals surface area (Å²) in [4.78, 5) is 5.24. The van der Waals surface area contributed by atoms with Crippen molar-refractivity contribution < 1.29 is 4.57 Å². The Hall–Kier alpha value is -5.50. The van der Waals surface area contributed by atoms with Gasteiger partial charge < -0.3 is 4.57 Å². The number of imidazole rings is 1. The van der Waals surface area contributed by atoms with Crippen LogP contribution in [0.5, 0.6) is 0 Å². The van der Waals surface area contributed by atoms with Crippen molar-refractivity contribution in [2.45, 2.75) is 0 Å². The smallest absolute Gasteiger partial charge is 0.171 e.